The zero-order valence-electron chi connectivity index (χ0n) is 12.5. The van der Waals surface area contributed by atoms with Crippen molar-refractivity contribution in [1.82, 2.24) is 5.32 Å². The smallest absolute Gasteiger partial charge is 0.179 e. The van der Waals surface area contributed by atoms with Gasteiger partial charge in [0.05, 0.1) is 18.7 Å². The number of halogens is 1. The minimum absolute atomic E-state index is 0.561. The van der Waals surface area contributed by atoms with Gasteiger partial charge in [-0.3, -0.25) is 0 Å². The van der Waals surface area contributed by atoms with Gasteiger partial charge in [-0.15, -0.1) is 0 Å². The third-order valence-electron chi connectivity index (χ3n) is 2.75. The summed E-state index contributed by atoms with van der Waals surface area (Å²) < 4.78 is 16.1. The molecular weight excluding hydrogens is 278 g/mol. The quantitative estimate of drug-likeness (QED) is 0.673. The summed E-state index contributed by atoms with van der Waals surface area (Å²) in [6.45, 7) is 7.70. The second-order valence-corrected chi connectivity index (χ2v) is 4.68. The van der Waals surface area contributed by atoms with Crippen molar-refractivity contribution in [3.63, 3.8) is 0 Å². The average Bonchev–Trinajstić information content (AvgIpc) is 2.45. The highest BCUT2D eigenvalue weighted by atomic mass is 35.5. The molecule has 4 nitrogen and oxygen atoms in total. The van der Waals surface area contributed by atoms with E-state index < -0.39 is 0 Å². The van der Waals surface area contributed by atoms with E-state index in [0.29, 0.717) is 23.1 Å². The maximum Gasteiger partial charge on any atom is 0.179 e. The SMILES string of the molecule is CCOCCCNCc1cc(Cl)c(OCC)c(OC)c1. The van der Waals surface area contributed by atoms with Crippen LogP contribution in [0.4, 0.5) is 0 Å². The van der Waals surface area contributed by atoms with E-state index in [9.17, 15) is 0 Å². The molecule has 20 heavy (non-hydrogen) atoms. The lowest BCUT2D eigenvalue weighted by atomic mass is 10.2. The van der Waals surface area contributed by atoms with Gasteiger partial charge in [0.25, 0.3) is 0 Å². The van der Waals surface area contributed by atoms with Crippen LogP contribution in [0.2, 0.25) is 5.02 Å². The van der Waals surface area contributed by atoms with Crippen LogP contribution in [0.25, 0.3) is 0 Å². The van der Waals surface area contributed by atoms with Crippen molar-refractivity contribution in [2.24, 2.45) is 0 Å². The van der Waals surface area contributed by atoms with Crippen molar-refractivity contribution >= 4 is 11.6 Å². The molecule has 0 aliphatic rings. The van der Waals surface area contributed by atoms with Crippen LogP contribution < -0.4 is 14.8 Å². The van der Waals surface area contributed by atoms with Crippen molar-refractivity contribution < 1.29 is 14.2 Å². The van der Waals surface area contributed by atoms with Gasteiger partial charge >= 0.3 is 0 Å². The largest absolute Gasteiger partial charge is 0.493 e. The van der Waals surface area contributed by atoms with Crippen molar-refractivity contribution in [3.8, 4) is 11.5 Å². The Bertz CT molecular complexity index is 399. The third kappa shape index (κ3) is 5.57. The average molecular weight is 302 g/mol. The molecule has 0 saturated heterocycles. The fraction of sp³-hybridized carbons (Fsp3) is 0.600. The lowest BCUT2D eigenvalue weighted by Crippen LogP contribution is -2.16. The van der Waals surface area contributed by atoms with Crippen LogP contribution in [-0.4, -0.2) is 33.5 Å². The number of methoxy groups -OCH3 is 1. The summed E-state index contributed by atoms with van der Waals surface area (Å²) in [6, 6.07) is 3.86. The Morgan fingerprint density at radius 1 is 1.20 bits per heavy atom. The standard InChI is InChI=1S/C15H24ClNO3/c1-4-19-8-6-7-17-11-12-9-13(16)15(20-5-2)14(10-12)18-3/h9-10,17H,4-8,11H2,1-3H3. The second kappa shape index (κ2) is 9.86. The highest BCUT2D eigenvalue weighted by Crippen LogP contribution is 2.36. The Balaban J connectivity index is 2.52. The van der Waals surface area contributed by atoms with Crippen LogP contribution in [0.3, 0.4) is 0 Å². The van der Waals surface area contributed by atoms with Gasteiger partial charge in [0.2, 0.25) is 0 Å². The lowest BCUT2D eigenvalue weighted by molar-refractivity contribution is 0.144. The molecule has 114 valence electrons. The van der Waals surface area contributed by atoms with Gasteiger partial charge in [0, 0.05) is 19.8 Å². The van der Waals surface area contributed by atoms with E-state index in [4.69, 9.17) is 25.8 Å². The van der Waals surface area contributed by atoms with Crippen LogP contribution in [0.5, 0.6) is 11.5 Å². The topological polar surface area (TPSA) is 39.7 Å². The molecule has 1 N–H and O–H groups in total. The highest BCUT2D eigenvalue weighted by Gasteiger charge is 2.11. The molecule has 5 heteroatoms. The molecule has 0 aliphatic heterocycles. The fourth-order valence-electron chi connectivity index (χ4n) is 1.84. The third-order valence-corrected chi connectivity index (χ3v) is 3.03. The number of nitrogens with one attached hydrogen (secondary N) is 1. The lowest BCUT2D eigenvalue weighted by Gasteiger charge is -2.13. The number of hydrogen-bond acceptors (Lipinski definition) is 4. The van der Waals surface area contributed by atoms with E-state index in [-0.39, 0.29) is 0 Å². The molecule has 1 aromatic rings. The van der Waals surface area contributed by atoms with E-state index in [2.05, 4.69) is 5.32 Å². The van der Waals surface area contributed by atoms with Gasteiger partial charge in [0.1, 0.15) is 0 Å². The van der Waals surface area contributed by atoms with Gasteiger partial charge in [-0.25, -0.2) is 0 Å². The predicted molar refractivity (Wildman–Crippen MR) is 82.0 cm³/mol. The summed E-state index contributed by atoms with van der Waals surface area (Å²) in [5.41, 5.74) is 1.08. The second-order valence-electron chi connectivity index (χ2n) is 4.27. The summed E-state index contributed by atoms with van der Waals surface area (Å²) in [6.07, 6.45) is 0.996. The molecular formula is C15H24ClNO3. The van der Waals surface area contributed by atoms with Crippen LogP contribution in [-0.2, 0) is 11.3 Å². The Morgan fingerprint density at radius 2 is 2.00 bits per heavy atom. The number of ether oxygens (including phenoxy) is 3. The van der Waals surface area contributed by atoms with Crippen molar-refractivity contribution in [2.45, 2.75) is 26.8 Å². The van der Waals surface area contributed by atoms with Crippen molar-refractivity contribution in [1.29, 1.82) is 0 Å². The van der Waals surface area contributed by atoms with Crippen molar-refractivity contribution in [2.75, 3.05) is 33.5 Å². The molecule has 0 unspecified atom stereocenters. The summed E-state index contributed by atoms with van der Waals surface area (Å²) >= 11 is 6.22. The first-order valence-corrected chi connectivity index (χ1v) is 7.38. The Labute approximate surface area is 126 Å². The van der Waals surface area contributed by atoms with Crippen LogP contribution in [0.1, 0.15) is 25.8 Å². The minimum atomic E-state index is 0.561. The van der Waals surface area contributed by atoms with Crippen LogP contribution >= 0.6 is 11.6 Å². The fourth-order valence-corrected chi connectivity index (χ4v) is 2.12. The predicted octanol–water partition coefficient (Wildman–Crippen LogP) is 3.26. The number of benzene rings is 1. The molecule has 1 rings (SSSR count). The maximum atomic E-state index is 6.22. The van der Waals surface area contributed by atoms with E-state index in [1.165, 1.54) is 0 Å². The summed E-state index contributed by atoms with van der Waals surface area (Å²) in [4.78, 5) is 0. The zero-order chi connectivity index (χ0) is 14.8. The van der Waals surface area contributed by atoms with Gasteiger partial charge in [0.15, 0.2) is 11.5 Å². The summed E-state index contributed by atoms with van der Waals surface area (Å²) in [7, 11) is 1.62. The van der Waals surface area contributed by atoms with Crippen LogP contribution in [0, 0.1) is 0 Å². The molecule has 0 heterocycles. The van der Waals surface area contributed by atoms with Gasteiger partial charge in [-0.1, -0.05) is 11.6 Å². The minimum Gasteiger partial charge on any atom is -0.493 e. The van der Waals surface area contributed by atoms with E-state index in [0.717, 1.165) is 38.3 Å². The Hall–Kier alpha value is -0.970. The highest BCUT2D eigenvalue weighted by molar-refractivity contribution is 6.32. The molecule has 0 aliphatic carbocycles. The van der Waals surface area contributed by atoms with E-state index in [1.807, 2.05) is 26.0 Å². The van der Waals surface area contributed by atoms with Gasteiger partial charge in [-0.05, 0) is 44.5 Å². The monoisotopic (exact) mass is 301 g/mol. The van der Waals surface area contributed by atoms with Crippen LogP contribution in [0.15, 0.2) is 12.1 Å². The van der Waals surface area contributed by atoms with Gasteiger partial charge in [-0.2, -0.15) is 0 Å². The molecule has 0 aromatic heterocycles. The molecule has 0 atom stereocenters. The number of hydrogen-bond donors (Lipinski definition) is 1. The molecule has 1 aromatic carbocycles. The molecule has 0 amide bonds. The molecule has 0 saturated carbocycles. The van der Waals surface area contributed by atoms with Crippen molar-refractivity contribution in [3.05, 3.63) is 22.7 Å². The first-order chi connectivity index (χ1) is 9.72. The number of rotatable bonds is 10. The Morgan fingerprint density at radius 3 is 2.65 bits per heavy atom. The normalized spacial score (nSPS) is 10.6. The molecule has 0 spiro atoms. The summed E-state index contributed by atoms with van der Waals surface area (Å²) in [5, 5.41) is 3.94. The zero-order valence-corrected chi connectivity index (χ0v) is 13.3. The molecule has 0 fully saturated rings. The Kier molecular flexibility index (Phi) is 8.42. The molecule has 0 radical (unpaired) electrons. The first-order valence-electron chi connectivity index (χ1n) is 7.00. The molecule has 0 bridgehead atoms. The first kappa shape index (κ1) is 17.1. The van der Waals surface area contributed by atoms with E-state index >= 15 is 0 Å². The van der Waals surface area contributed by atoms with E-state index in [1.54, 1.807) is 7.11 Å². The summed E-state index contributed by atoms with van der Waals surface area (Å²) in [5.74, 6) is 1.28. The maximum absolute atomic E-state index is 6.22. The van der Waals surface area contributed by atoms with Gasteiger partial charge < -0.3 is 19.5 Å².